The lowest BCUT2D eigenvalue weighted by Crippen LogP contribution is -2.03. The topological polar surface area (TPSA) is 22.1 Å². The number of ether oxygens (including phenoxy) is 1. The Morgan fingerprint density at radius 2 is 2.54 bits per heavy atom. The van der Waals surface area contributed by atoms with Crippen molar-refractivity contribution in [2.24, 2.45) is 0 Å². The summed E-state index contributed by atoms with van der Waals surface area (Å²) >= 11 is 5.85. The fourth-order valence-electron chi connectivity index (χ4n) is 1.89. The van der Waals surface area contributed by atoms with E-state index in [9.17, 15) is 0 Å². The maximum atomic E-state index is 5.85. The number of rotatable bonds is 2. The van der Waals surface area contributed by atoms with Crippen molar-refractivity contribution in [2.45, 2.75) is 18.8 Å². The molecule has 0 saturated heterocycles. The van der Waals surface area contributed by atoms with E-state index >= 15 is 0 Å². The Balaban J connectivity index is 2.27. The number of methoxy groups -OCH3 is 1. The van der Waals surface area contributed by atoms with E-state index in [0.717, 1.165) is 24.5 Å². The lowest BCUT2D eigenvalue weighted by Gasteiger charge is -2.08. The molecule has 1 aromatic rings. The van der Waals surface area contributed by atoms with Gasteiger partial charge >= 0.3 is 0 Å². The van der Waals surface area contributed by atoms with Gasteiger partial charge in [0.05, 0.1) is 11.6 Å². The SMILES string of the molecule is COC[C@@H]1CCc2cc(Cl)cnc21. The Kier molecular flexibility index (Phi) is 2.51. The summed E-state index contributed by atoms with van der Waals surface area (Å²) in [5, 5.41) is 0.733. The van der Waals surface area contributed by atoms with Crippen molar-refractivity contribution in [2.75, 3.05) is 13.7 Å². The third-order valence-corrected chi connectivity index (χ3v) is 2.69. The Hall–Kier alpha value is -0.600. The second-order valence-corrected chi connectivity index (χ2v) is 3.83. The zero-order valence-corrected chi connectivity index (χ0v) is 8.34. The number of fused-ring (bicyclic) bond motifs is 1. The molecule has 1 aromatic heterocycles. The standard InChI is InChI=1S/C10H12ClNO/c1-13-6-8-3-2-7-4-9(11)5-12-10(7)8/h4-5,8H,2-3,6H2,1H3/t8-/m0/s1. The van der Waals surface area contributed by atoms with Crippen LogP contribution in [0.25, 0.3) is 0 Å². The highest BCUT2D eigenvalue weighted by Crippen LogP contribution is 2.32. The Morgan fingerprint density at radius 1 is 1.69 bits per heavy atom. The van der Waals surface area contributed by atoms with Crippen LogP contribution in [0.4, 0.5) is 0 Å². The molecule has 1 heterocycles. The zero-order valence-electron chi connectivity index (χ0n) is 7.59. The van der Waals surface area contributed by atoms with Gasteiger partial charge < -0.3 is 4.74 Å². The quantitative estimate of drug-likeness (QED) is 0.727. The molecule has 0 saturated carbocycles. The maximum absolute atomic E-state index is 5.85. The Bertz CT molecular complexity index is 314. The molecule has 0 N–H and O–H groups in total. The van der Waals surface area contributed by atoms with Gasteiger partial charge in [-0.3, -0.25) is 4.98 Å². The number of nitrogens with zero attached hydrogens (tertiary/aromatic N) is 1. The summed E-state index contributed by atoms with van der Waals surface area (Å²) in [6, 6.07) is 2.01. The van der Waals surface area contributed by atoms with Crippen molar-refractivity contribution >= 4 is 11.6 Å². The van der Waals surface area contributed by atoms with Crippen LogP contribution in [0.3, 0.4) is 0 Å². The normalized spacial score (nSPS) is 20.3. The van der Waals surface area contributed by atoms with Crippen LogP contribution >= 0.6 is 11.6 Å². The highest BCUT2D eigenvalue weighted by atomic mass is 35.5. The Morgan fingerprint density at radius 3 is 3.31 bits per heavy atom. The van der Waals surface area contributed by atoms with Crippen molar-refractivity contribution in [3.63, 3.8) is 0 Å². The first-order valence-electron chi connectivity index (χ1n) is 4.44. The molecule has 1 aliphatic carbocycles. The summed E-state index contributed by atoms with van der Waals surface area (Å²) < 4.78 is 5.14. The average Bonchev–Trinajstić information content (AvgIpc) is 2.49. The third kappa shape index (κ3) is 1.69. The summed E-state index contributed by atoms with van der Waals surface area (Å²) in [7, 11) is 1.73. The van der Waals surface area contributed by atoms with Gasteiger partial charge in [0.25, 0.3) is 0 Å². The predicted molar refractivity (Wildman–Crippen MR) is 52.2 cm³/mol. The van der Waals surface area contributed by atoms with Crippen LogP contribution in [0.2, 0.25) is 5.02 Å². The summed E-state index contributed by atoms with van der Waals surface area (Å²) in [6.45, 7) is 0.766. The fraction of sp³-hybridized carbons (Fsp3) is 0.500. The minimum atomic E-state index is 0.470. The van der Waals surface area contributed by atoms with Crippen molar-refractivity contribution in [1.82, 2.24) is 4.98 Å². The van der Waals surface area contributed by atoms with E-state index in [-0.39, 0.29) is 0 Å². The van der Waals surface area contributed by atoms with Crippen molar-refractivity contribution < 1.29 is 4.74 Å². The molecule has 0 aliphatic heterocycles. The van der Waals surface area contributed by atoms with Gasteiger partial charge in [-0.15, -0.1) is 0 Å². The van der Waals surface area contributed by atoms with Gasteiger partial charge in [0, 0.05) is 24.9 Å². The molecule has 0 unspecified atom stereocenters. The average molecular weight is 198 g/mol. The van der Waals surface area contributed by atoms with Crippen LogP contribution < -0.4 is 0 Å². The van der Waals surface area contributed by atoms with Gasteiger partial charge in [0.1, 0.15) is 0 Å². The fourth-order valence-corrected chi connectivity index (χ4v) is 2.07. The molecule has 0 aromatic carbocycles. The van der Waals surface area contributed by atoms with Crippen molar-refractivity contribution in [1.29, 1.82) is 0 Å². The van der Waals surface area contributed by atoms with E-state index < -0.39 is 0 Å². The molecule has 0 amide bonds. The molecule has 0 bridgehead atoms. The van der Waals surface area contributed by atoms with Crippen LogP contribution in [0, 0.1) is 0 Å². The molecule has 0 spiro atoms. The number of pyridine rings is 1. The molecule has 1 atom stereocenters. The molecule has 1 aliphatic rings. The van der Waals surface area contributed by atoms with E-state index in [1.807, 2.05) is 6.07 Å². The Labute approximate surface area is 82.9 Å². The van der Waals surface area contributed by atoms with Crippen LogP contribution in [-0.4, -0.2) is 18.7 Å². The second-order valence-electron chi connectivity index (χ2n) is 3.39. The molecule has 0 radical (unpaired) electrons. The molecule has 0 fully saturated rings. The first kappa shape index (κ1) is 8.97. The molecular formula is C10H12ClNO. The monoisotopic (exact) mass is 197 g/mol. The summed E-state index contributed by atoms with van der Waals surface area (Å²) in [6.07, 6.45) is 3.93. The summed E-state index contributed by atoms with van der Waals surface area (Å²) in [5.74, 6) is 0.470. The minimum Gasteiger partial charge on any atom is -0.384 e. The number of aromatic nitrogens is 1. The lowest BCUT2D eigenvalue weighted by atomic mass is 10.1. The van der Waals surface area contributed by atoms with E-state index in [0.29, 0.717) is 5.92 Å². The first-order chi connectivity index (χ1) is 6.31. The van der Waals surface area contributed by atoms with Crippen LogP contribution in [0.15, 0.2) is 12.3 Å². The third-order valence-electron chi connectivity index (χ3n) is 2.48. The molecular weight excluding hydrogens is 186 g/mol. The molecule has 2 nitrogen and oxygen atoms in total. The molecule has 70 valence electrons. The highest BCUT2D eigenvalue weighted by Gasteiger charge is 2.23. The van der Waals surface area contributed by atoms with Crippen LogP contribution in [0.1, 0.15) is 23.6 Å². The van der Waals surface area contributed by atoms with Crippen LogP contribution in [0.5, 0.6) is 0 Å². The van der Waals surface area contributed by atoms with Gasteiger partial charge in [-0.1, -0.05) is 11.6 Å². The first-order valence-corrected chi connectivity index (χ1v) is 4.82. The minimum absolute atomic E-state index is 0.470. The van der Waals surface area contributed by atoms with Gasteiger partial charge in [-0.05, 0) is 24.5 Å². The lowest BCUT2D eigenvalue weighted by molar-refractivity contribution is 0.178. The van der Waals surface area contributed by atoms with E-state index in [4.69, 9.17) is 16.3 Å². The summed E-state index contributed by atoms with van der Waals surface area (Å²) in [5.41, 5.74) is 2.46. The zero-order chi connectivity index (χ0) is 9.26. The number of halogens is 1. The summed E-state index contributed by atoms with van der Waals surface area (Å²) in [4.78, 5) is 4.35. The molecule has 13 heavy (non-hydrogen) atoms. The van der Waals surface area contributed by atoms with E-state index in [2.05, 4.69) is 4.98 Å². The largest absolute Gasteiger partial charge is 0.384 e. The van der Waals surface area contributed by atoms with Gasteiger partial charge in [-0.25, -0.2) is 0 Å². The number of hydrogen-bond acceptors (Lipinski definition) is 2. The van der Waals surface area contributed by atoms with Gasteiger partial charge in [0.15, 0.2) is 0 Å². The molecule has 2 rings (SSSR count). The maximum Gasteiger partial charge on any atom is 0.0592 e. The van der Waals surface area contributed by atoms with Gasteiger partial charge in [-0.2, -0.15) is 0 Å². The number of aryl methyl sites for hydroxylation is 1. The van der Waals surface area contributed by atoms with E-state index in [1.54, 1.807) is 13.3 Å². The number of hydrogen-bond donors (Lipinski definition) is 0. The molecule has 3 heteroatoms. The van der Waals surface area contributed by atoms with Crippen LogP contribution in [-0.2, 0) is 11.2 Å². The van der Waals surface area contributed by atoms with Crippen molar-refractivity contribution in [3.8, 4) is 0 Å². The smallest absolute Gasteiger partial charge is 0.0592 e. The van der Waals surface area contributed by atoms with E-state index in [1.165, 1.54) is 11.3 Å². The predicted octanol–water partition coefficient (Wildman–Crippen LogP) is 2.41. The second kappa shape index (κ2) is 3.64. The van der Waals surface area contributed by atoms with Gasteiger partial charge in [0.2, 0.25) is 0 Å². The van der Waals surface area contributed by atoms with Crippen molar-refractivity contribution in [3.05, 3.63) is 28.5 Å². The highest BCUT2D eigenvalue weighted by molar-refractivity contribution is 6.30.